The number of hydrogen-bond donors (Lipinski definition) is 1. The van der Waals surface area contributed by atoms with Gasteiger partial charge in [-0.1, -0.05) is 6.07 Å². The van der Waals surface area contributed by atoms with Crippen LogP contribution in [0.5, 0.6) is 17.2 Å². The minimum absolute atomic E-state index is 0.0378. The van der Waals surface area contributed by atoms with Gasteiger partial charge in [-0.15, -0.1) is 0 Å². The molecule has 3 rings (SSSR count). The Balaban J connectivity index is 1.47. The monoisotopic (exact) mass is 384 g/mol. The number of ether oxygens (including phenoxy) is 3. The second-order valence-corrected chi connectivity index (χ2v) is 6.49. The van der Waals surface area contributed by atoms with E-state index in [1.54, 1.807) is 43.4 Å². The highest BCUT2D eigenvalue weighted by atomic mass is 16.5. The van der Waals surface area contributed by atoms with Crippen LogP contribution in [0.4, 0.5) is 5.69 Å². The van der Waals surface area contributed by atoms with E-state index in [0.29, 0.717) is 36.9 Å². The van der Waals surface area contributed by atoms with Crippen LogP contribution in [-0.2, 0) is 9.59 Å². The number of carbonyl (C=O) groups is 2. The van der Waals surface area contributed by atoms with Gasteiger partial charge in [-0.05, 0) is 36.4 Å². The highest BCUT2D eigenvalue weighted by Crippen LogP contribution is 2.22. The molecule has 1 aliphatic rings. The molecule has 1 saturated heterocycles. The molecule has 1 N–H and O–H groups in total. The maximum absolute atomic E-state index is 12.5. The first-order valence-corrected chi connectivity index (χ1v) is 9.08. The summed E-state index contributed by atoms with van der Waals surface area (Å²) in [5, 5.41) is 2.85. The summed E-state index contributed by atoms with van der Waals surface area (Å²) in [4.78, 5) is 26.4. The lowest BCUT2D eigenvalue weighted by Crippen LogP contribution is -2.31. The predicted octanol–water partition coefficient (Wildman–Crippen LogP) is 2.57. The molecule has 2 amide bonds. The quantitative estimate of drug-likeness (QED) is 0.757. The van der Waals surface area contributed by atoms with Gasteiger partial charge in [-0.2, -0.15) is 0 Å². The third kappa shape index (κ3) is 4.94. The maximum atomic E-state index is 12.5. The standard InChI is InChI=1S/C21H24N2O5/c1-26-17-6-8-18(9-7-17)28-11-10-23-14-15(12-20(23)24)21(25)22-16-4-3-5-19(13-16)27-2/h3-9,13,15H,10-12,14H2,1-2H3,(H,22,25). The summed E-state index contributed by atoms with van der Waals surface area (Å²) in [7, 11) is 3.18. The van der Waals surface area contributed by atoms with Crippen LogP contribution in [0.15, 0.2) is 48.5 Å². The third-order valence-corrected chi connectivity index (χ3v) is 4.61. The molecule has 1 heterocycles. The van der Waals surface area contributed by atoms with Crippen LogP contribution in [0, 0.1) is 5.92 Å². The van der Waals surface area contributed by atoms with E-state index in [9.17, 15) is 9.59 Å². The van der Waals surface area contributed by atoms with Gasteiger partial charge in [0, 0.05) is 24.7 Å². The number of nitrogens with zero attached hydrogens (tertiary/aromatic N) is 1. The van der Waals surface area contributed by atoms with Crippen molar-refractivity contribution in [1.29, 1.82) is 0 Å². The molecular weight excluding hydrogens is 360 g/mol. The topological polar surface area (TPSA) is 77.1 Å². The Morgan fingerprint density at radius 1 is 1.07 bits per heavy atom. The summed E-state index contributed by atoms with van der Waals surface area (Å²) in [6.45, 7) is 1.19. The first kappa shape index (κ1) is 19.5. The van der Waals surface area contributed by atoms with Crippen molar-refractivity contribution in [3.63, 3.8) is 0 Å². The Morgan fingerprint density at radius 3 is 2.50 bits per heavy atom. The molecule has 0 saturated carbocycles. The van der Waals surface area contributed by atoms with Gasteiger partial charge in [0.2, 0.25) is 11.8 Å². The summed E-state index contributed by atoms with van der Waals surface area (Å²) < 4.78 is 15.9. The van der Waals surface area contributed by atoms with Crippen molar-refractivity contribution in [2.24, 2.45) is 5.92 Å². The first-order chi connectivity index (χ1) is 13.6. The Labute approximate surface area is 164 Å². The predicted molar refractivity (Wildman–Crippen MR) is 105 cm³/mol. The SMILES string of the molecule is COc1ccc(OCCN2CC(C(=O)Nc3cccc(OC)c3)CC2=O)cc1. The van der Waals surface area contributed by atoms with E-state index < -0.39 is 0 Å². The van der Waals surface area contributed by atoms with Crippen molar-refractivity contribution >= 4 is 17.5 Å². The molecule has 1 atom stereocenters. The first-order valence-electron chi connectivity index (χ1n) is 9.08. The van der Waals surface area contributed by atoms with Gasteiger partial charge < -0.3 is 24.4 Å². The molecule has 0 spiro atoms. The van der Waals surface area contributed by atoms with E-state index >= 15 is 0 Å². The lowest BCUT2D eigenvalue weighted by molar-refractivity contribution is -0.128. The lowest BCUT2D eigenvalue weighted by Gasteiger charge is -2.17. The molecule has 1 aliphatic heterocycles. The number of anilines is 1. The van der Waals surface area contributed by atoms with Crippen molar-refractivity contribution in [1.82, 2.24) is 4.90 Å². The van der Waals surface area contributed by atoms with Crippen molar-refractivity contribution in [3.05, 3.63) is 48.5 Å². The Morgan fingerprint density at radius 2 is 1.79 bits per heavy atom. The molecule has 28 heavy (non-hydrogen) atoms. The van der Waals surface area contributed by atoms with Crippen LogP contribution in [0.1, 0.15) is 6.42 Å². The van der Waals surface area contributed by atoms with E-state index in [2.05, 4.69) is 5.32 Å². The molecule has 7 heteroatoms. The van der Waals surface area contributed by atoms with Crippen molar-refractivity contribution < 1.29 is 23.8 Å². The van der Waals surface area contributed by atoms with Gasteiger partial charge in [-0.25, -0.2) is 0 Å². The summed E-state index contributed by atoms with van der Waals surface area (Å²) in [6, 6.07) is 14.4. The number of amides is 2. The highest BCUT2D eigenvalue weighted by molar-refractivity contribution is 5.97. The molecule has 0 aliphatic carbocycles. The maximum Gasteiger partial charge on any atom is 0.229 e. The second-order valence-electron chi connectivity index (χ2n) is 6.49. The summed E-state index contributed by atoms with van der Waals surface area (Å²) in [5.74, 6) is 1.55. The highest BCUT2D eigenvalue weighted by Gasteiger charge is 2.34. The third-order valence-electron chi connectivity index (χ3n) is 4.61. The lowest BCUT2D eigenvalue weighted by atomic mass is 10.1. The van der Waals surface area contributed by atoms with E-state index in [0.717, 1.165) is 5.75 Å². The summed E-state index contributed by atoms with van der Waals surface area (Å²) in [6.07, 6.45) is 0.207. The van der Waals surface area contributed by atoms with Crippen molar-refractivity contribution in [2.45, 2.75) is 6.42 Å². The van der Waals surface area contributed by atoms with Gasteiger partial charge >= 0.3 is 0 Å². The van der Waals surface area contributed by atoms with Gasteiger partial charge in [0.25, 0.3) is 0 Å². The zero-order valence-corrected chi connectivity index (χ0v) is 16.0. The molecule has 0 bridgehead atoms. The molecule has 2 aromatic carbocycles. The van der Waals surface area contributed by atoms with Crippen LogP contribution in [-0.4, -0.2) is 50.6 Å². The van der Waals surface area contributed by atoms with Crippen LogP contribution in [0.25, 0.3) is 0 Å². The second kappa shape index (κ2) is 9.12. The Hall–Kier alpha value is -3.22. The fourth-order valence-electron chi connectivity index (χ4n) is 3.05. The van der Waals surface area contributed by atoms with Crippen molar-refractivity contribution in [3.8, 4) is 17.2 Å². The number of benzene rings is 2. The number of carbonyl (C=O) groups excluding carboxylic acids is 2. The van der Waals surface area contributed by atoms with Crippen LogP contribution >= 0.6 is 0 Å². The number of hydrogen-bond acceptors (Lipinski definition) is 5. The van der Waals surface area contributed by atoms with E-state index in [4.69, 9.17) is 14.2 Å². The van der Waals surface area contributed by atoms with Gasteiger partial charge in [0.05, 0.1) is 26.7 Å². The molecule has 2 aromatic rings. The number of likely N-dealkylation sites (tertiary alicyclic amines) is 1. The van der Waals surface area contributed by atoms with Crippen LogP contribution in [0.3, 0.4) is 0 Å². The van der Waals surface area contributed by atoms with Gasteiger partial charge in [-0.3, -0.25) is 9.59 Å². The van der Waals surface area contributed by atoms with Gasteiger partial charge in [0.1, 0.15) is 23.9 Å². The molecule has 0 radical (unpaired) electrons. The van der Waals surface area contributed by atoms with E-state index in [1.165, 1.54) is 0 Å². The largest absolute Gasteiger partial charge is 0.497 e. The summed E-state index contributed by atoms with van der Waals surface area (Å²) >= 11 is 0. The molecule has 1 fully saturated rings. The molecule has 7 nitrogen and oxygen atoms in total. The average molecular weight is 384 g/mol. The molecule has 1 unspecified atom stereocenters. The average Bonchev–Trinajstić information content (AvgIpc) is 3.09. The minimum Gasteiger partial charge on any atom is -0.497 e. The normalized spacial score (nSPS) is 16.0. The Bertz CT molecular complexity index is 822. The zero-order valence-electron chi connectivity index (χ0n) is 16.0. The minimum atomic E-state index is -0.375. The van der Waals surface area contributed by atoms with Crippen LogP contribution in [0.2, 0.25) is 0 Å². The van der Waals surface area contributed by atoms with Crippen molar-refractivity contribution in [2.75, 3.05) is 39.2 Å². The number of rotatable bonds is 8. The smallest absolute Gasteiger partial charge is 0.229 e. The Kier molecular flexibility index (Phi) is 6.37. The summed E-state index contributed by atoms with van der Waals surface area (Å²) in [5.41, 5.74) is 0.651. The molecular formula is C21H24N2O5. The number of nitrogens with one attached hydrogen (secondary N) is 1. The molecule has 0 aromatic heterocycles. The molecule has 148 valence electrons. The zero-order chi connectivity index (χ0) is 19.9. The number of methoxy groups -OCH3 is 2. The fourth-order valence-corrected chi connectivity index (χ4v) is 3.05. The van der Waals surface area contributed by atoms with Crippen LogP contribution < -0.4 is 19.5 Å². The fraction of sp³-hybridized carbons (Fsp3) is 0.333. The van der Waals surface area contributed by atoms with Gasteiger partial charge in [0.15, 0.2) is 0 Å². The van der Waals surface area contributed by atoms with E-state index in [-0.39, 0.29) is 24.2 Å². The van der Waals surface area contributed by atoms with E-state index in [1.807, 2.05) is 24.3 Å².